The van der Waals surface area contributed by atoms with Gasteiger partial charge in [-0.25, -0.2) is 0 Å². The van der Waals surface area contributed by atoms with Crippen LogP contribution in [0.1, 0.15) is 5.56 Å². The van der Waals surface area contributed by atoms with E-state index >= 15 is 0 Å². The van der Waals surface area contributed by atoms with Gasteiger partial charge in [-0.2, -0.15) is 5.10 Å². The molecule has 1 aromatic heterocycles. The Morgan fingerprint density at radius 1 is 1.50 bits per heavy atom. The highest BCUT2D eigenvalue weighted by molar-refractivity contribution is 9.10. The van der Waals surface area contributed by atoms with Gasteiger partial charge in [-0.3, -0.25) is 4.68 Å². The summed E-state index contributed by atoms with van der Waals surface area (Å²) in [6.45, 7) is 0.0659. The van der Waals surface area contributed by atoms with E-state index in [0.717, 1.165) is 19.8 Å². The van der Waals surface area contributed by atoms with E-state index in [4.69, 9.17) is 5.11 Å². The zero-order valence-electron chi connectivity index (χ0n) is 8.72. The van der Waals surface area contributed by atoms with E-state index in [0.29, 0.717) is 0 Å². The second-order valence-electron chi connectivity index (χ2n) is 3.37. The van der Waals surface area contributed by atoms with Crippen molar-refractivity contribution in [2.45, 2.75) is 16.4 Å². The molecular formula is C11H11BrN2OS. The summed E-state index contributed by atoms with van der Waals surface area (Å²) in [6, 6.07) is 5.84. The second-order valence-corrected chi connectivity index (χ2v) is 5.34. The maximum atomic E-state index is 9.01. The van der Waals surface area contributed by atoms with Gasteiger partial charge in [0.25, 0.3) is 0 Å². The Labute approximate surface area is 107 Å². The molecule has 1 aromatic carbocycles. The van der Waals surface area contributed by atoms with E-state index < -0.39 is 0 Å². The minimum Gasteiger partial charge on any atom is -0.392 e. The average Bonchev–Trinajstić information content (AvgIpc) is 2.67. The van der Waals surface area contributed by atoms with E-state index in [1.165, 1.54) is 0 Å². The van der Waals surface area contributed by atoms with E-state index in [-0.39, 0.29) is 6.61 Å². The molecule has 0 bridgehead atoms. The topological polar surface area (TPSA) is 38.0 Å². The largest absolute Gasteiger partial charge is 0.392 e. The van der Waals surface area contributed by atoms with Crippen molar-refractivity contribution < 1.29 is 5.11 Å². The van der Waals surface area contributed by atoms with Crippen LogP contribution in [0.2, 0.25) is 0 Å². The Hall–Kier alpha value is -0.780. The lowest BCUT2D eigenvalue weighted by Crippen LogP contribution is -1.84. The Kier molecular flexibility index (Phi) is 3.68. The number of aliphatic hydroxyl groups excluding tert-OH is 1. The van der Waals surface area contributed by atoms with Crippen LogP contribution in [0.25, 0.3) is 0 Å². The highest BCUT2D eigenvalue weighted by Crippen LogP contribution is 2.33. The summed E-state index contributed by atoms with van der Waals surface area (Å²) < 4.78 is 2.77. The molecule has 0 radical (unpaired) electrons. The lowest BCUT2D eigenvalue weighted by Gasteiger charge is -2.04. The average molecular weight is 299 g/mol. The Morgan fingerprint density at radius 3 is 2.88 bits per heavy atom. The van der Waals surface area contributed by atoms with Crippen molar-refractivity contribution in [1.82, 2.24) is 9.78 Å². The van der Waals surface area contributed by atoms with Gasteiger partial charge in [0.05, 0.1) is 17.7 Å². The predicted octanol–water partition coefficient (Wildman–Crippen LogP) is 2.83. The summed E-state index contributed by atoms with van der Waals surface area (Å²) in [6.07, 6.45) is 3.80. The highest BCUT2D eigenvalue weighted by atomic mass is 79.9. The Balaban J connectivity index is 2.21. The molecule has 0 saturated heterocycles. The molecule has 16 heavy (non-hydrogen) atoms. The monoisotopic (exact) mass is 298 g/mol. The van der Waals surface area contributed by atoms with Gasteiger partial charge in [0, 0.05) is 22.6 Å². The van der Waals surface area contributed by atoms with E-state index in [1.807, 2.05) is 37.6 Å². The van der Waals surface area contributed by atoms with Crippen molar-refractivity contribution in [3.8, 4) is 0 Å². The SMILES string of the molecule is Cn1cc(Sc2ccc(CO)cc2Br)cn1. The number of aryl methyl sites for hydroxylation is 1. The number of rotatable bonds is 3. The smallest absolute Gasteiger partial charge is 0.0682 e. The van der Waals surface area contributed by atoms with Crippen LogP contribution in [0.4, 0.5) is 0 Å². The molecule has 2 rings (SSSR count). The quantitative estimate of drug-likeness (QED) is 0.947. The third kappa shape index (κ3) is 2.66. The van der Waals surface area contributed by atoms with Crippen molar-refractivity contribution >= 4 is 27.7 Å². The number of aromatic nitrogens is 2. The first-order valence-electron chi connectivity index (χ1n) is 4.75. The van der Waals surface area contributed by atoms with Crippen LogP contribution >= 0.6 is 27.7 Å². The molecule has 0 aliphatic heterocycles. The number of benzene rings is 1. The first kappa shape index (κ1) is 11.7. The first-order chi connectivity index (χ1) is 7.69. The highest BCUT2D eigenvalue weighted by Gasteiger charge is 2.04. The van der Waals surface area contributed by atoms with Gasteiger partial charge in [-0.15, -0.1) is 0 Å². The molecule has 0 fully saturated rings. The first-order valence-corrected chi connectivity index (χ1v) is 6.36. The predicted molar refractivity (Wildman–Crippen MR) is 67.4 cm³/mol. The fourth-order valence-electron chi connectivity index (χ4n) is 1.30. The maximum Gasteiger partial charge on any atom is 0.0682 e. The maximum absolute atomic E-state index is 9.01. The van der Waals surface area contributed by atoms with Crippen LogP contribution in [0.5, 0.6) is 0 Å². The molecule has 0 atom stereocenters. The second kappa shape index (κ2) is 5.03. The number of halogens is 1. The van der Waals surface area contributed by atoms with Crippen LogP contribution < -0.4 is 0 Å². The lowest BCUT2D eigenvalue weighted by molar-refractivity contribution is 0.281. The number of hydrogen-bond acceptors (Lipinski definition) is 3. The molecule has 0 aliphatic rings. The summed E-state index contributed by atoms with van der Waals surface area (Å²) in [5, 5.41) is 13.1. The standard InChI is InChI=1S/C11H11BrN2OS/c1-14-6-9(5-13-14)16-11-3-2-8(7-15)4-10(11)12/h2-6,15H,7H2,1H3. The number of nitrogens with zero attached hydrogens (tertiary/aromatic N) is 2. The van der Waals surface area contributed by atoms with E-state index in [9.17, 15) is 0 Å². The third-order valence-corrected chi connectivity index (χ3v) is 4.03. The molecule has 0 unspecified atom stereocenters. The minimum atomic E-state index is 0.0659. The minimum absolute atomic E-state index is 0.0659. The summed E-state index contributed by atoms with van der Waals surface area (Å²) in [7, 11) is 1.90. The van der Waals surface area contributed by atoms with Crippen molar-refractivity contribution in [2.24, 2.45) is 7.05 Å². The summed E-state index contributed by atoms with van der Waals surface area (Å²) in [4.78, 5) is 2.21. The Bertz CT molecular complexity index is 498. The fourth-order valence-corrected chi connectivity index (χ4v) is 2.82. The van der Waals surface area contributed by atoms with Gasteiger partial charge >= 0.3 is 0 Å². The van der Waals surface area contributed by atoms with Gasteiger partial charge in [0.1, 0.15) is 0 Å². The van der Waals surface area contributed by atoms with Gasteiger partial charge in [-0.05, 0) is 33.6 Å². The van der Waals surface area contributed by atoms with Crippen LogP contribution in [0.15, 0.2) is 44.9 Å². The molecule has 1 N–H and O–H groups in total. The van der Waals surface area contributed by atoms with Gasteiger partial charge in [0.2, 0.25) is 0 Å². The zero-order chi connectivity index (χ0) is 11.5. The number of hydrogen-bond donors (Lipinski definition) is 1. The van der Waals surface area contributed by atoms with Crippen LogP contribution in [0, 0.1) is 0 Å². The zero-order valence-corrected chi connectivity index (χ0v) is 11.1. The molecule has 0 aliphatic carbocycles. The molecule has 84 valence electrons. The summed E-state index contributed by atoms with van der Waals surface area (Å²) in [5.41, 5.74) is 0.905. The number of aliphatic hydroxyl groups is 1. The summed E-state index contributed by atoms with van der Waals surface area (Å²) >= 11 is 5.14. The normalized spacial score (nSPS) is 10.7. The summed E-state index contributed by atoms with van der Waals surface area (Å²) in [5.74, 6) is 0. The van der Waals surface area contributed by atoms with E-state index in [2.05, 4.69) is 21.0 Å². The molecule has 0 spiro atoms. The third-order valence-electron chi connectivity index (χ3n) is 2.09. The van der Waals surface area contributed by atoms with E-state index in [1.54, 1.807) is 16.4 Å². The molecule has 3 nitrogen and oxygen atoms in total. The van der Waals surface area contributed by atoms with Crippen molar-refractivity contribution in [3.63, 3.8) is 0 Å². The molecular weight excluding hydrogens is 288 g/mol. The van der Waals surface area contributed by atoms with Crippen molar-refractivity contribution in [1.29, 1.82) is 0 Å². The van der Waals surface area contributed by atoms with Crippen molar-refractivity contribution in [3.05, 3.63) is 40.6 Å². The molecule has 0 amide bonds. The van der Waals surface area contributed by atoms with Crippen LogP contribution in [-0.4, -0.2) is 14.9 Å². The van der Waals surface area contributed by atoms with Gasteiger partial charge in [0.15, 0.2) is 0 Å². The van der Waals surface area contributed by atoms with Crippen molar-refractivity contribution in [2.75, 3.05) is 0 Å². The molecule has 2 aromatic rings. The van der Waals surface area contributed by atoms with Crippen LogP contribution in [0.3, 0.4) is 0 Å². The van der Waals surface area contributed by atoms with Gasteiger partial charge < -0.3 is 5.11 Å². The lowest BCUT2D eigenvalue weighted by atomic mass is 10.2. The Morgan fingerprint density at radius 2 is 2.31 bits per heavy atom. The fraction of sp³-hybridized carbons (Fsp3) is 0.182. The molecule has 5 heteroatoms. The van der Waals surface area contributed by atoms with Gasteiger partial charge in [-0.1, -0.05) is 17.8 Å². The molecule has 1 heterocycles. The van der Waals surface area contributed by atoms with Crippen LogP contribution in [-0.2, 0) is 13.7 Å². The molecule has 0 saturated carbocycles.